The molecule has 0 bridgehead atoms. The van der Waals surface area contributed by atoms with E-state index in [0.29, 0.717) is 38.3 Å². The summed E-state index contributed by atoms with van der Waals surface area (Å²) in [6.07, 6.45) is -3.37. The van der Waals surface area contributed by atoms with E-state index in [1.807, 2.05) is 0 Å². The monoisotopic (exact) mass is 534 g/mol. The van der Waals surface area contributed by atoms with Gasteiger partial charge >= 0.3 is 6.18 Å². The molecule has 2 unspecified atom stereocenters. The summed E-state index contributed by atoms with van der Waals surface area (Å²) < 4.78 is 59.1. The highest BCUT2D eigenvalue weighted by atomic mass is 19.4. The number of morpholine rings is 1. The van der Waals surface area contributed by atoms with Crippen molar-refractivity contribution >= 4 is 11.6 Å². The fourth-order valence-corrected chi connectivity index (χ4v) is 5.82. The zero-order valence-electron chi connectivity index (χ0n) is 21.4. The predicted molar refractivity (Wildman–Crippen MR) is 136 cm³/mol. The van der Waals surface area contributed by atoms with Crippen molar-refractivity contribution in [1.29, 1.82) is 0 Å². The Balaban J connectivity index is 1.30. The summed E-state index contributed by atoms with van der Waals surface area (Å²) in [5.41, 5.74) is 1.64. The van der Waals surface area contributed by atoms with Gasteiger partial charge in [-0.3, -0.25) is 14.6 Å². The molecule has 5 rings (SSSR count). The maximum absolute atomic E-state index is 13.5. The Hall–Kier alpha value is -2.69. The van der Waals surface area contributed by atoms with Gasteiger partial charge in [-0.05, 0) is 60.8 Å². The molecule has 2 fully saturated rings. The Labute approximate surface area is 220 Å². The molecule has 0 spiro atoms. The lowest BCUT2D eigenvalue weighted by Crippen LogP contribution is -2.61. The van der Waals surface area contributed by atoms with E-state index >= 15 is 0 Å². The minimum atomic E-state index is -4.43. The third-order valence-corrected chi connectivity index (χ3v) is 7.83. The largest absolute Gasteiger partial charge is 0.416 e. The van der Waals surface area contributed by atoms with Gasteiger partial charge in [-0.2, -0.15) is 13.2 Å². The van der Waals surface area contributed by atoms with Crippen LogP contribution in [0.3, 0.4) is 0 Å². The van der Waals surface area contributed by atoms with Crippen molar-refractivity contribution in [3.63, 3.8) is 0 Å². The summed E-state index contributed by atoms with van der Waals surface area (Å²) in [5, 5.41) is 3.07. The number of rotatable bonds is 7. The van der Waals surface area contributed by atoms with E-state index in [4.69, 9.17) is 4.74 Å². The number of piperazine rings is 1. The van der Waals surface area contributed by atoms with Gasteiger partial charge in [0.05, 0.1) is 30.7 Å². The molecule has 0 saturated carbocycles. The Morgan fingerprint density at radius 1 is 1.00 bits per heavy atom. The zero-order chi connectivity index (χ0) is 26.7. The van der Waals surface area contributed by atoms with Crippen molar-refractivity contribution in [2.24, 2.45) is 5.92 Å². The second-order valence-electron chi connectivity index (χ2n) is 10.4. The van der Waals surface area contributed by atoms with Crippen LogP contribution in [-0.4, -0.2) is 80.8 Å². The SMILES string of the molecule is O=C(NCCCN1CCOCC1)C1Cc2cc(C(F)(F)F)ccc2N2CCN(Cc3ccc(F)cc3)CC12. The van der Waals surface area contributed by atoms with Crippen LogP contribution in [0.2, 0.25) is 0 Å². The number of fused-ring (bicyclic) bond motifs is 3. The first-order chi connectivity index (χ1) is 18.3. The van der Waals surface area contributed by atoms with Gasteiger partial charge in [0.15, 0.2) is 0 Å². The van der Waals surface area contributed by atoms with Gasteiger partial charge in [0.1, 0.15) is 5.82 Å². The lowest BCUT2D eigenvalue weighted by molar-refractivity contribution is -0.137. The molecule has 2 aromatic rings. The fourth-order valence-electron chi connectivity index (χ4n) is 5.82. The first-order valence-electron chi connectivity index (χ1n) is 13.3. The molecular formula is C28H34F4N4O2. The molecule has 1 amide bonds. The molecule has 2 saturated heterocycles. The molecule has 1 N–H and O–H groups in total. The smallest absolute Gasteiger partial charge is 0.379 e. The fraction of sp³-hybridized carbons (Fsp3) is 0.536. The number of nitrogens with one attached hydrogen (secondary N) is 1. The number of hydrogen-bond donors (Lipinski definition) is 1. The summed E-state index contributed by atoms with van der Waals surface area (Å²) >= 11 is 0. The van der Waals surface area contributed by atoms with E-state index in [-0.39, 0.29) is 24.2 Å². The molecule has 206 valence electrons. The third kappa shape index (κ3) is 6.30. The van der Waals surface area contributed by atoms with Crippen LogP contribution in [0.5, 0.6) is 0 Å². The van der Waals surface area contributed by atoms with Crippen molar-refractivity contribution in [3.05, 3.63) is 65.0 Å². The summed E-state index contributed by atoms with van der Waals surface area (Å²) in [6.45, 7) is 7.13. The molecular weight excluding hydrogens is 500 g/mol. The molecule has 38 heavy (non-hydrogen) atoms. The van der Waals surface area contributed by atoms with Crippen molar-refractivity contribution in [1.82, 2.24) is 15.1 Å². The van der Waals surface area contributed by atoms with E-state index in [1.165, 1.54) is 18.2 Å². The Morgan fingerprint density at radius 2 is 1.76 bits per heavy atom. The molecule has 0 radical (unpaired) electrons. The minimum absolute atomic E-state index is 0.117. The van der Waals surface area contributed by atoms with E-state index < -0.39 is 17.7 Å². The molecule has 2 aromatic carbocycles. The maximum Gasteiger partial charge on any atom is 0.416 e. The highest BCUT2D eigenvalue weighted by molar-refractivity contribution is 5.82. The van der Waals surface area contributed by atoms with E-state index in [9.17, 15) is 22.4 Å². The molecule has 3 heterocycles. The second kappa shape index (κ2) is 11.6. The van der Waals surface area contributed by atoms with Gasteiger partial charge in [-0.15, -0.1) is 0 Å². The molecule has 0 aliphatic carbocycles. The first-order valence-corrected chi connectivity index (χ1v) is 13.3. The number of benzene rings is 2. The van der Waals surface area contributed by atoms with Crippen LogP contribution in [0.15, 0.2) is 42.5 Å². The molecule has 2 atom stereocenters. The van der Waals surface area contributed by atoms with E-state index in [2.05, 4.69) is 20.0 Å². The van der Waals surface area contributed by atoms with Crippen LogP contribution in [0.4, 0.5) is 23.2 Å². The third-order valence-electron chi connectivity index (χ3n) is 7.83. The average Bonchev–Trinajstić information content (AvgIpc) is 2.91. The van der Waals surface area contributed by atoms with Gasteiger partial charge in [0.2, 0.25) is 5.91 Å². The number of alkyl halides is 3. The van der Waals surface area contributed by atoms with Crippen molar-refractivity contribution in [3.8, 4) is 0 Å². The molecule has 10 heteroatoms. The average molecular weight is 535 g/mol. The Bertz CT molecular complexity index is 1110. The predicted octanol–water partition coefficient (Wildman–Crippen LogP) is 3.55. The minimum Gasteiger partial charge on any atom is -0.379 e. The lowest BCUT2D eigenvalue weighted by Gasteiger charge is -2.49. The Kier molecular flexibility index (Phi) is 8.20. The van der Waals surface area contributed by atoms with Crippen molar-refractivity contribution in [2.75, 3.05) is 63.9 Å². The van der Waals surface area contributed by atoms with Crippen molar-refractivity contribution < 1.29 is 27.1 Å². The summed E-state index contributed by atoms with van der Waals surface area (Å²) in [6, 6.07) is 10.1. The van der Waals surface area contributed by atoms with Gasteiger partial charge in [0.25, 0.3) is 0 Å². The zero-order valence-corrected chi connectivity index (χ0v) is 21.4. The van der Waals surface area contributed by atoms with Crippen LogP contribution in [0.1, 0.15) is 23.1 Å². The number of ether oxygens (including phenoxy) is 1. The number of hydrogen-bond acceptors (Lipinski definition) is 5. The highest BCUT2D eigenvalue weighted by Gasteiger charge is 2.42. The first kappa shape index (κ1) is 26.9. The van der Waals surface area contributed by atoms with Gasteiger partial charge in [0, 0.05) is 51.5 Å². The van der Waals surface area contributed by atoms with Gasteiger partial charge in [-0.25, -0.2) is 4.39 Å². The van der Waals surface area contributed by atoms with E-state index in [0.717, 1.165) is 56.6 Å². The molecule has 3 aliphatic rings. The van der Waals surface area contributed by atoms with Crippen LogP contribution in [-0.2, 0) is 28.7 Å². The van der Waals surface area contributed by atoms with Crippen LogP contribution < -0.4 is 10.2 Å². The quantitative estimate of drug-likeness (QED) is 0.435. The van der Waals surface area contributed by atoms with Gasteiger partial charge < -0.3 is 15.0 Å². The number of carbonyl (C=O) groups excluding carboxylic acids is 1. The normalized spacial score (nSPS) is 22.6. The van der Waals surface area contributed by atoms with Crippen LogP contribution in [0, 0.1) is 11.7 Å². The lowest BCUT2D eigenvalue weighted by atomic mass is 9.82. The standard InChI is InChI=1S/C28H34F4N4O2/c29-23-5-2-20(3-6-23)18-35-10-11-36-25-7-4-22(28(30,31)32)16-21(25)17-24(26(36)19-35)27(37)33-8-1-9-34-12-14-38-15-13-34/h2-7,16,24,26H,1,8-15,17-19H2,(H,33,37). The highest BCUT2D eigenvalue weighted by Crippen LogP contribution is 2.40. The van der Waals surface area contributed by atoms with E-state index in [1.54, 1.807) is 18.2 Å². The maximum atomic E-state index is 13.5. The number of nitrogens with zero attached hydrogens (tertiary/aromatic N) is 3. The number of amides is 1. The number of carbonyl (C=O) groups is 1. The van der Waals surface area contributed by atoms with Crippen molar-refractivity contribution in [2.45, 2.75) is 31.6 Å². The van der Waals surface area contributed by atoms with Gasteiger partial charge in [-0.1, -0.05) is 12.1 Å². The van der Waals surface area contributed by atoms with Crippen LogP contribution in [0.25, 0.3) is 0 Å². The molecule has 3 aliphatic heterocycles. The number of anilines is 1. The summed E-state index contributed by atoms with van der Waals surface area (Å²) in [7, 11) is 0. The molecule has 0 aromatic heterocycles. The number of halogens is 4. The summed E-state index contributed by atoms with van der Waals surface area (Å²) in [4.78, 5) is 20.1. The van der Waals surface area contributed by atoms with Crippen LogP contribution >= 0.6 is 0 Å². The Morgan fingerprint density at radius 3 is 2.50 bits per heavy atom. The molecule has 6 nitrogen and oxygen atoms in total. The topological polar surface area (TPSA) is 48.1 Å². The summed E-state index contributed by atoms with van der Waals surface area (Å²) in [5.74, 6) is -0.870. The second-order valence-corrected chi connectivity index (χ2v) is 10.4.